The number of carbonyl (C=O) groups is 1. The number of hydrogen-bond donors (Lipinski definition) is 2. The van der Waals surface area contributed by atoms with Crippen LogP contribution in [0.25, 0.3) is 0 Å². The van der Waals surface area contributed by atoms with Gasteiger partial charge in [-0.2, -0.15) is 0 Å². The van der Waals surface area contributed by atoms with Crippen molar-refractivity contribution in [2.75, 3.05) is 54.5 Å². The van der Waals surface area contributed by atoms with Crippen molar-refractivity contribution in [1.82, 2.24) is 20.4 Å². The number of nitrogens with zero attached hydrogens (tertiary/aromatic N) is 3. The Kier molecular flexibility index (Phi) is 9.05. The van der Waals surface area contributed by atoms with E-state index in [0.717, 1.165) is 36.7 Å². The monoisotopic (exact) mass is 405 g/mol. The maximum Gasteiger partial charge on any atom is 0.241 e. The second-order valence-electron chi connectivity index (χ2n) is 7.29. The molecule has 2 N–H and O–H groups in total. The molecule has 1 aromatic carbocycles. The number of rotatable bonds is 9. The molecule has 0 saturated carbocycles. The van der Waals surface area contributed by atoms with Crippen LogP contribution in [0.15, 0.2) is 23.2 Å². The number of hydrogen-bond acceptors (Lipinski definition) is 5. The minimum atomic E-state index is -0.00224. The number of benzene rings is 1. The van der Waals surface area contributed by atoms with E-state index in [0.29, 0.717) is 18.5 Å². The van der Waals surface area contributed by atoms with Gasteiger partial charge in [-0.1, -0.05) is 6.92 Å². The molecule has 8 heteroatoms. The lowest BCUT2D eigenvalue weighted by molar-refractivity contribution is -0.127. The van der Waals surface area contributed by atoms with E-state index in [4.69, 9.17) is 9.47 Å². The van der Waals surface area contributed by atoms with Gasteiger partial charge in [-0.05, 0) is 38.1 Å². The molecule has 1 unspecified atom stereocenters. The molecule has 162 valence electrons. The van der Waals surface area contributed by atoms with Crippen LogP contribution < -0.4 is 20.1 Å². The van der Waals surface area contributed by atoms with Crippen molar-refractivity contribution in [3.05, 3.63) is 23.8 Å². The van der Waals surface area contributed by atoms with Gasteiger partial charge in [-0.25, -0.2) is 4.99 Å². The van der Waals surface area contributed by atoms with Crippen molar-refractivity contribution in [3.63, 3.8) is 0 Å². The van der Waals surface area contributed by atoms with Crippen molar-refractivity contribution in [2.24, 2.45) is 4.99 Å². The lowest BCUT2D eigenvalue weighted by atomic mass is 10.2. The number of likely N-dealkylation sites (tertiary alicyclic amines) is 1. The maximum absolute atomic E-state index is 12.0. The van der Waals surface area contributed by atoms with Crippen LogP contribution in [0.3, 0.4) is 0 Å². The topological polar surface area (TPSA) is 78.4 Å². The van der Waals surface area contributed by atoms with Gasteiger partial charge in [0.15, 0.2) is 5.96 Å². The van der Waals surface area contributed by atoms with Gasteiger partial charge in [0.1, 0.15) is 11.5 Å². The van der Waals surface area contributed by atoms with Crippen molar-refractivity contribution in [3.8, 4) is 11.5 Å². The molecule has 1 amide bonds. The fraction of sp³-hybridized carbons (Fsp3) is 0.619. The summed E-state index contributed by atoms with van der Waals surface area (Å²) < 4.78 is 10.7. The molecule has 1 fully saturated rings. The van der Waals surface area contributed by atoms with Crippen LogP contribution in [0, 0.1) is 0 Å². The molecule has 2 rings (SSSR count). The van der Waals surface area contributed by atoms with E-state index in [1.807, 2.05) is 18.2 Å². The molecule has 0 radical (unpaired) electrons. The molecule has 29 heavy (non-hydrogen) atoms. The number of guanidine groups is 1. The van der Waals surface area contributed by atoms with E-state index >= 15 is 0 Å². The summed E-state index contributed by atoms with van der Waals surface area (Å²) >= 11 is 0. The summed E-state index contributed by atoms with van der Waals surface area (Å²) in [5.74, 6) is 2.09. The van der Waals surface area contributed by atoms with Crippen LogP contribution in [-0.2, 0) is 11.3 Å². The average molecular weight is 406 g/mol. The van der Waals surface area contributed by atoms with Gasteiger partial charge in [0.2, 0.25) is 5.91 Å². The lowest BCUT2D eigenvalue weighted by Gasteiger charge is -2.24. The number of methoxy groups -OCH3 is 2. The summed E-state index contributed by atoms with van der Waals surface area (Å²) in [7, 11) is 6.75. The standard InChI is InChI=1S/C21H35N5O3/c1-6-26-11-7-8-17(26)14-23-21(24-15-20(27)25(2)3)22-13-16-9-10-18(28-4)12-19(16)29-5/h9-10,12,17H,6-8,11,13-15H2,1-5H3,(H2,22,23,24). The van der Waals surface area contributed by atoms with Crippen LogP contribution in [0.2, 0.25) is 0 Å². The minimum Gasteiger partial charge on any atom is -0.497 e. The highest BCUT2D eigenvalue weighted by atomic mass is 16.5. The zero-order valence-corrected chi connectivity index (χ0v) is 18.3. The SMILES string of the molecule is CCN1CCCC1CNC(=NCc1ccc(OC)cc1OC)NCC(=O)N(C)C. The number of ether oxygens (including phenoxy) is 2. The summed E-state index contributed by atoms with van der Waals surface area (Å²) in [5, 5.41) is 6.56. The first-order valence-electron chi connectivity index (χ1n) is 10.2. The molecule has 8 nitrogen and oxygen atoms in total. The van der Waals surface area contributed by atoms with Crippen molar-refractivity contribution < 1.29 is 14.3 Å². The van der Waals surface area contributed by atoms with Crippen LogP contribution in [0.5, 0.6) is 11.5 Å². The molecule has 1 heterocycles. The van der Waals surface area contributed by atoms with Crippen LogP contribution in [-0.4, -0.2) is 82.2 Å². The van der Waals surface area contributed by atoms with E-state index in [1.54, 1.807) is 33.2 Å². The molecular formula is C21H35N5O3. The third-order valence-electron chi connectivity index (χ3n) is 5.22. The Hall–Kier alpha value is -2.48. The highest BCUT2D eigenvalue weighted by molar-refractivity contribution is 5.86. The summed E-state index contributed by atoms with van der Waals surface area (Å²) in [4.78, 5) is 20.7. The van der Waals surface area contributed by atoms with Crippen molar-refractivity contribution in [1.29, 1.82) is 0 Å². The first-order valence-corrected chi connectivity index (χ1v) is 10.2. The van der Waals surface area contributed by atoms with Gasteiger partial charge in [-0.15, -0.1) is 0 Å². The lowest BCUT2D eigenvalue weighted by Crippen LogP contribution is -2.47. The van der Waals surface area contributed by atoms with Crippen molar-refractivity contribution >= 4 is 11.9 Å². The predicted molar refractivity (Wildman–Crippen MR) is 116 cm³/mol. The Bertz CT molecular complexity index is 693. The van der Waals surface area contributed by atoms with Gasteiger partial charge in [-0.3, -0.25) is 9.69 Å². The Morgan fingerprint density at radius 3 is 2.72 bits per heavy atom. The zero-order chi connectivity index (χ0) is 21.2. The Morgan fingerprint density at radius 2 is 2.07 bits per heavy atom. The second-order valence-corrected chi connectivity index (χ2v) is 7.29. The Morgan fingerprint density at radius 1 is 1.28 bits per heavy atom. The number of carbonyl (C=O) groups excluding carboxylic acids is 1. The van der Waals surface area contributed by atoms with Gasteiger partial charge < -0.3 is 25.0 Å². The van der Waals surface area contributed by atoms with E-state index < -0.39 is 0 Å². The molecule has 0 aromatic heterocycles. The molecule has 1 aliphatic rings. The average Bonchev–Trinajstić information content (AvgIpc) is 3.20. The van der Waals surface area contributed by atoms with E-state index in [9.17, 15) is 4.79 Å². The van der Waals surface area contributed by atoms with Gasteiger partial charge in [0.25, 0.3) is 0 Å². The Labute approximate surface area is 174 Å². The number of nitrogens with one attached hydrogen (secondary N) is 2. The molecule has 0 bridgehead atoms. The summed E-state index contributed by atoms with van der Waals surface area (Å²) in [6.45, 7) is 5.81. The zero-order valence-electron chi connectivity index (χ0n) is 18.3. The highest BCUT2D eigenvalue weighted by Crippen LogP contribution is 2.25. The quantitative estimate of drug-likeness (QED) is 0.477. The van der Waals surface area contributed by atoms with Crippen molar-refractivity contribution in [2.45, 2.75) is 32.4 Å². The normalized spacial score (nSPS) is 17.1. The number of aliphatic imine (C=N–C) groups is 1. The fourth-order valence-electron chi connectivity index (χ4n) is 3.40. The first kappa shape index (κ1) is 22.8. The first-order chi connectivity index (χ1) is 14.0. The molecule has 1 atom stereocenters. The number of likely N-dealkylation sites (N-methyl/N-ethyl adjacent to an activating group) is 2. The second kappa shape index (κ2) is 11.5. The smallest absolute Gasteiger partial charge is 0.241 e. The van der Waals surface area contributed by atoms with E-state index in [-0.39, 0.29) is 12.5 Å². The van der Waals surface area contributed by atoms with E-state index in [2.05, 4.69) is 27.4 Å². The highest BCUT2D eigenvalue weighted by Gasteiger charge is 2.23. The maximum atomic E-state index is 12.0. The van der Waals surface area contributed by atoms with Gasteiger partial charge in [0, 0.05) is 38.3 Å². The molecule has 1 aromatic rings. The summed E-state index contributed by atoms with van der Waals surface area (Å²) in [5.41, 5.74) is 0.949. The summed E-state index contributed by atoms with van der Waals surface area (Å²) in [6, 6.07) is 6.17. The molecule has 1 saturated heterocycles. The fourth-order valence-corrected chi connectivity index (χ4v) is 3.40. The largest absolute Gasteiger partial charge is 0.497 e. The molecule has 1 aliphatic heterocycles. The van der Waals surface area contributed by atoms with Gasteiger partial charge >= 0.3 is 0 Å². The van der Waals surface area contributed by atoms with Crippen LogP contribution >= 0.6 is 0 Å². The minimum absolute atomic E-state index is 0.00224. The molecule has 0 spiro atoms. The summed E-state index contributed by atoms with van der Waals surface area (Å²) in [6.07, 6.45) is 2.40. The number of amides is 1. The predicted octanol–water partition coefficient (Wildman–Crippen LogP) is 1.31. The third-order valence-corrected chi connectivity index (χ3v) is 5.22. The Balaban J connectivity index is 2.07. The van der Waals surface area contributed by atoms with Gasteiger partial charge in [0.05, 0.1) is 27.3 Å². The molecular weight excluding hydrogens is 370 g/mol. The van der Waals surface area contributed by atoms with Crippen LogP contribution in [0.1, 0.15) is 25.3 Å². The van der Waals surface area contributed by atoms with Crippen LogP contribution in [0.4, 0.5) is 0 Å². The van der Waals surface area contributed by atoms with E-state index in [1.165, 1.54) is 12.8 Å². The third kappa shape index (κ3) is 6.81. The molecule has 0 aliphatic carbocycles.